The van der Waals surface area contributed by atoms with E-state index >= 15 is 0 Å². The standard InChI is InChI=1S/C17H20N4O/c1-12(20-17(22)21-16-11-18-8-9-19-16)14-7-6-13-4-2-3-5-15(13)10-14/h6-12H,2-5H2,1H3,(H2,19,20,21,22). The molecule has 22 heavy (non-hydrogen) atoms. The molecule has 1 aromatic heterocycles. The molecule has 114 valence electrons. The van der Waals surface area contributed by atoms with E-state index in [4.69, 9.17) is 0 Å². The first-order valence-corrected chi connectivity index (χ1v) is 7.67. The van der Waals surface area contributed by atoms with Crippen LogP contribution in [0.5, 0.6) is 0 Å². The summed E-state index contributed by atoms with van der Waals surface area (Å²) in [4.78, 5) is 19.9. The Labute approximate surface area is 130 Å². The van der Waals surface area contributed by atoms with Crippen molar-refractivity contribution in [2.45, 2.75) is 38.6 Å². The number of urea groups is 1. The van der Waals surface area contributed by atoms with Crippen molar-refractivity contribution in [2.75, 3.05) is 5.32 Å². The molecule has 1 atom stereocenters. The zero-order valence-electron chi connectivity index (χ0n) is 12.7. The molecule has 1 heterocycles. The van der Waals surface area contributed by atoms with Crippen LogP contribution in [-0.4, -0.2) is 16.0 Å². The first-order chi connectivity index (χ1) is 10.7. The van der Waals surface area contributed by atoms with Crippen molar-refractivity contribution >= 4 is 11.8 Å². The zero-order valence-corrected chi connectivity index (χ0v) is 12.7. The molecule has 0 fully saturated rings. The summed E-state index contributed by atoms with van der Waals surface area (Å²) in [5.41, 5.74) is 4.01. The summed E-state index contributed by atoms with van der Waals surface area (Å²) in [5.74, 6) is 0.442. The third-order valence-electron chi connectivity index (χ3n) is 4.02. The first-order valence-electron chi connectivity index (χ1n) is 7.67. The Balaban J connectivity index is 1.64. The molecule has 2 aromatic rings. The second kappa shape index (κ2) is 6.56. The van der Waals surface area contributed by atoms with E-state index in [2.05, 4.69) is 38.8 Å². The number of carbonyl (C=O) groups is 1. The molecule has 1 aliphatic rings. The van der Waals surface area contributed by atoms with Crippen LogP contribution < -0.4 is 10.6 Å². The Morgan fingerprint density at radius 2 is 2.00 bits per heavy atom. The fraction of sp³-hybridized carbons (Fsp3) is 0.353. The van der Waals surface area contributed by atoms with Gasteiger partial charge >= 0.3 is 6.03 Å². The SMILES string of the molecule is CC(NC(=O)Nc1cnccn1)c1ccc2c(c1)CCCC2. The Morgan fingerprint density at radius 3 is 2.77 bits per heavy atom. The third-order valence-corrected chi connectivity index (χ3v) is 4.02. The number of aromatic nitrogens is 2. The molecular formula is C17H20N4O. The summed E-state index contributed by atoms with van der Waals surface area (Å²) < 4.78 is 0. The average molecular weight is 296 g/mol. The number of aryl methyl sites for hydroxylation is 2. The number of rotatable bonds is 3. The number of anilines is 1. The molecule has 3 rings (SSSR count). The Bertz CT molecular complexity index is 657. The van der Waals surface area contributed by atoms with Gasteiger partial charge < -0.3 is 5.32 Å². The van der Waals surface area contributed by atoms with E-state index in [1.165, 1.54) is 36.6 Å². The van der Waals surface area contributed by atoms with E-state index in [9.17, 15) is 4.79 Å². The summed E-state index contributed by atoms with van der Waals surface area (Å²) in [6, 6.07) is 6.21. The summed E-state index contributed by atoms with van der Waals surface area (Å²) in [6.45, 7) is 1.99. The van der Waals surface area contributed by atoms with Gasteiger partial charge in [-0.3, -0.25) is 10.3 Å². The average Bonchev–Trinajstić information content (AvgIpc) is 2.55. The van der Waals surface area contributed by atoms with Crippen LogP contribution in [0.4, 0.5) is 10.6 Å². The smallest absolute Gasteiger partial charge is 0.320 e. The molecule has 2 N–H and O–H groups in total. The maximum absolute atomic E-state index is 12.0. The van der Waals surface area contributed by atoms with Gasteiger partial charge in [-0.15, -0.1) is 0 Å². The number of nitrogens with zero attached hydrogens (tertiary/aromatic N) is 2. The molecule has 5 nitrogen and oxygen atoms in total. The van der Waals surface area contributed by atoms with Crippen molar-refractivity contribution in [3.8, 4) is 0 Å². The van der Waals surface area contributed by atoms with Crippen LogP contribution >= 0.6 is 0 Å². The van der Waals surface area contributed by atoms with Gasteiger partial charge in [0.05, 0.1) is 12.2 Å². The lowest BCUT2D eigenvalue weighted by Gasteiger charge is -2.20. The number of amides is 2. The van der Waals surface area contributed by atoms with Crippen LogP contribution in [0.3, 0.4) is 0 Å². The number of benzene rings is 1. The molecular weight excluding hydrogens is 276 g/mol. The predicted octanol–water partition coefficient (Wildman–Crippen LogP) is 3.24. The largest absolute Gasteiger partial charge is 0.331 e. The third kappa shape index (κ3) is 3.42. The summed E-state index contributed by atoms with van der Waals surface area (Å²) >= 11 is 0. The number of fused-ring (bicyclic) bond motifs is 1. The fourth-order valence-electron chi connectivity index (χ4n) is 2.82. The minimum atomic E-state index is -0.272. The lowest BCUT2D eigenvalue weighted by molar-refractivity contribution is 0.249. The van der Waals surface area contributed by atoms with Crippen LogP contribution in [0.2, 0.25) is 0 Å². The van der Waals surface area contributed by atoms with Crippen molar-refractivity contribution in [1.29, 1.82) is 0 Å². The summed E-state index contributed by atoms with van der Waals surface area (Å²) in [6.07, 6.45) is 9.48. The number of hydrogen-bond donors (Lipinski definition) is 2. The molecule has 0 aliphatic heterocycles. The molecule has 0 spiro atoms. The maximum atomic E-state index is 12.0. The highest BCUT2D eigenvalue weighted by atomic mass is 16.2. The van der Waals surface area contributed by atoms with Gasteiger partial charge in [0.2, 0.25) is 0 Å². The van der Waals surface area contributed by atoms with Crippen LogP contribution in [0.25, 0.3) is 0 Å². The normalized spacial score (nSPS) is 14.8. The predicted molar refractivity (Wildman–Crippen MR) is 85.7 cm³/mol. The van der Waals surface area contributed by atoms with Crippen molar-refractivity contribution in [2.24, 2.45) is 0 Å². The van der Waals surface area contributed by atoms with Crippen LogP contribution in [0.1, 0.15) is 42.5 Å². The van der Waals surface area contributed by atoms with Crippen LogP contribution in [0, 0.1) is 0 Å². The van der Waals surface area contributed by atoms with Gasteiger partial charge in [0.15, 0.2) is 5.82 Å². The van der Waals surface area contributed by atoms with E-state index in [1.807, 2.05) is 6.92 Å². The minimum Gasteiger partial charge on any atom is -0.331 e. The molecule has 1 aliphatic carbocycles. The Kier molecular flexibility index (Phi) is 4.32. The van der Waals surface area contributed by atoms with E-state index in [0.29, 0.717) is 5.82 Å². The second-order valence-electron chi connectivity index (χ2n) is 5.65. The molecule has 5 heteroatoms. The van der Waals surface area contributed by atoms with E-state index in [-0.39, 0.29) is 12.1 Å². The first kappa shape index (κ1) is 14.5. The Morgan fingerprint density at radius 1 is 1.18 bits per heavy atom. The number of carbonyl (C=O) groups excluding carboxylic acids is 1. The quantitative estimate of drug-likeness (QED) is 0.913. The zero-order chi connectivity index (χ0) is 15.4. The van der Waals surface area contributed by atoms with E-state index in [0.717, 1.165) is 12.0 Å². The summed E-state index contributed by atoms with van der Waals surface area (Å²) in [7, 11) is 0. The van der Waals surface area contributed by atoms with Crippen molar-refractivity contribution < 1.29 is 4.79 Å². The number of nitrogens with one attached hydrogen (secondary N) is 2. The highest BCUT2D eigenvalue weighted by Gasteiger charge is 2.14. The fourth-order valence-corrected chi connectivity index (χ4v) is 2.82. The lowest BCUT2D eigenvalue weighted by Crippen LogP contribution is -2.31. The molecule has 0 saturated carbocycles. The second-order valence-corrected chi connectivity index (χ2v) is 5.65. The van der Waals surface area contributed by atoms with Gasteiger partial charge in [-0.05, 0) is 49.3 Å². The molecule has 1 aromatic carbocycles. The van der Waals surface area contributed by atoms with E-state index in [1.54, 1.807) is 12.4 Å². The molecule has 2 amide bonds. The van der Waals surface area contributed by atoms with Gasteiger partial charge in [-0.1, -0.05) is 18.2 Å². The molecule has 0 bridgehead atoms. The molecule has 1 unspecified atom stereocenters. The van der Waals surface area contributed by atoms with Gasteiger partial charge in [0.25, 0.3) is 0 Å². The van der Waals surface area contributed by atoms with Crippen molar-refractivity contribution in [3.63, 3.8) is 0 Å². The molecule has 0 radical (unpaired) electrons. The topological polar surface area (TPSA) is 66.9 Å². The van der Waals surface area contributed by atoms with Crippen molar-refractivity contribution in [3.05, 3.63) is 53.5 Å². The highest BCUT2D eigenvalue weighted by molar-refractivity contribution is 5.88. The number of hydrogen-bond acceptors (Lipinski definition) is 3. The summed E-state index contributed by atoms with van der Waals surface area (Å²) in [5, 5.41) is 5.61. The lowest BCUT2D eigenvalue weighted by atomic mass is 9.89. The van der Waals surface area contributed by atoms with Gasteiger partial charge in [-0.25, -0.2) is 9.78 Å². The highest BCUT2D eigenvalue weighted by Crippen LogP contribution is 2.24. The monoisotopic (exact) mass is 296 g/mol. The molecule has 0 saturated heterocycles. The maximum Gasteiger partial charge on any atom is 0.320 e. The van der Waals surface area contributed by atoms with Crippen LogP contribution in [0.15, 0.2) is 36.8 Å². The van der Waals surface area contributed by atoms with Gasteiger partial charge in [0, 0.05) is 12.4 Å². The van der Waals surface area contributed by atoms with Crippen molar-refractivity contribution in [1.82, 2.24) is 15.3 Å². The van der Waals surface area contributed by atoms with Gasteiger partial charge in [0.1, 0.15) is 0 Å². The van der Waals surface area contributed by atoms with E-state index < -0.39 is 0 Å². The Hall–Kier alpha value is -2.43. The minimum absolute atomic E-state index is 0.0519. The van der Waals surface area contributed by atoms with Gasteiger partial charge in [-0.2, -0.15) is 0 Å². The van der Waals surface area contributed by atoms with Crippen LogP contribution in [-0.2, 0) is 12.8 Å².